The summed E-state index contributed by atoms with van der Waals surface area (Å²) in [7, 11) is 0. The molecule has 0 radical (unpaired) electrons. The number of carbonyl (C=O) groups is 1. The topological polar surface area (TPSA) is 103 Å². The molecule has 0 bridgehead atoms. The van der Waals surface area contributed by atoms with E-state index in [0.29, 0.717) is 29.5 Å². The molecule has 6 heterocycles. The van der Waals surface area contributed by atoms with Crippen molar-refractivity contribution >= 4 is 39.1 Å². The first-order valence-corrected chi connectivity index (χ1v) is 13.6. The minimum atomic E-state index is -2.62. The second-order valence-electron chi connectivity index (χ2n) is 10.1. The maximum Gasteiger partial charge on any atom is 0.261 e. The molecule has 0 aliphatic carbocycles. The molecule has 5 aromatic heterocycles. The number of nitrogens with one attached hydrogen (secondary N) is 2. The second kappa shape index (κ2) is 9.39. The summed E-state index contributed by atoms with van der Waals surface area (Å²) in [6, 6.07) is 11.7. The number of halogens is 2. The summed E-state index contributed by atoms with van der Waals surface area (Å²) in [5.74, 6) is -2.00. The van der Waals surface area contributed by atoms with E-state index in [9.17, 15) is 13.6 Å². The molecule has 0 unspecified atom stereocenters. The molecule has 0 spiro atoms. The van der Waals surface area contributed by atoms with Gasteiger partial charge in [0.05, 0.1) is 28.7 Å². The minimum absolute atomic E-state index is 0.0243. The molecule has 40 heavy (non-hydrogen) atoms. The quantitative estimate of drug-likeness (QED) is 0.233. The highest BCUT2D eigenvalue weighted by Gasteiger charge is 2.37. The average Bonchev–Trinajstić information content (AvgIpc) is 3.73. The third kappa shape index (κ3) is 4.46. The van der Waals surface area contributed by atoms with Gasteiger partial charge in [0.25, 0.3) is 5.92 Å². The van der Waals surface area contributed by atoms with Gasteiger partial charge in [-0.1, -0.05) is 6.07 Å². The average molecular weight is 556 g/mol. The maximum atomic E-state index is 13.7. The molecule has 8 nitrogen and oxygen atoms in total. The first-order chi connectivity index (χ1) is 19.3. The Kier molecular flexibility index (Phi) is 5.79. The number of likely N-dealkylation sites (tertiary alicyclic amines) is 1. The van der Waals surface area contributed by atoms with Gasteiger partial charge in [-0.2, -0.15) is 5.10 Å². The van der Waals surface area contributed by atoms with Gasteiger partial charge in [0.15, 0.2) is 11.6 Å². The van der Waals surface area contributed by atoms with Crippen molar-refractivity contribution in [2.75, 3.05) is 13.1 Å². The van der Waals surface area contributed by atoms with Crippen LogP contribution in [0.5, 0.6) is 0 Å². The van der Waals surface area contributed by atoms with Crippen LogP contribution in [0.2, 0.25) is 0 Å². The van der Waals surface area contributed by atoms with E-state index < -0.39 is 5.92 Å². The van der Waals surface area contributed by atoms with E-state index in [2.05, 4.69) is 25.1 Å². The van der Waals surface area contributed by atoms with Gasteiger partial charge in [-0.15, -0.1) is 11.3 Å². The summed E-state index contributed by atoms with van der Waals surface area (Å²) >= 11 is 1.42. The van der Waals surface area contributed by atoms with Crippen LogP contribution in [0.25, 0.3) is 55.0 Å². The number of hydrogen-bond acceptors (Lipinski definition) is 7. The molecule has 7 rings (SSSR count). The Balaban J connectivity index is 1.24. The van der Waals surface area contributed by atoms with Crippen molar-refractivity contribution in [2.45, 2.75) is 25.8 Å². The van der Waals surface area contributed by atoms with E-state index in [4.69, 9.17) is 4.98 Å². The van der Waals surface area contributed by atoms with E-state index in [-0.39, 0.29) is 18.7 Å². The standard InChI is InChI=1S/C29H23F2N7OS/c1-16(39)24-4-5-25(40-24)21-12-33-13-23-26(21)35-28(34-23)27-20-9-18(2-3-22(20)36-37-27)19-8-17(10-32-11-19)14-38-7-6-29(30,31)15-38/h2-5,8-13H,6-7,14-15H2,1H3,(H,34,35)(H,36,37). The van der Waals surface area contributed by atoms with Crippen molar-refractivity contribution in [3.05, 3.63) is 71.6 Å². The lowest BCUT2D eigenvalue weighted by Crippen LogP contribution is -2.24. The monoisotopic (exact) mass is 555 g/mol. The summed E-state index contributed by atoms with van der Waals surface area (Å²) in [6.07, 6.45) is 6.88. The van der Waals surface area contributed by atoms with E-state index in [1.165, 1.54) is 11.3 Å². The van der Waals surface area contributed by atoms with Gasteiger partial charge < -0.3 is 4.98 Å². The van der Waals surface area contributed by atoms with E-state index in [0.717, 1.165) is 49.1 Å². The fourth-order valence-corrected chi connectivity index (χ4v) is 6.12. The lowest BCUT2D eigenvalue weighted by Gasteiger charge is -2.15. The van der Waals surface area contributed by atoms with E-state index in [1.54, 1.807) is 36.6 Å². The number of nitrogens with zero attached hydrogens (tertiary/aromatic N) is 5. The summed E-state index contributed by atoms with van der Waals surface area (Å²) in [5.41, 5.74) is 6.60. The van der Waals surface area contributed by atoms with Gasteiger partial charge >= 0.3 is 0 Å². The first-order valence-electron chi connectivity index (χ1n) is 12.8. The van der Waals surface area contributed by atoms with Gasteiger partial charge in [-0.05, 0) is 48.4 Å². The van der Waals surface area contributed by atoms with E-state index >= 15 is 0 Å². The van der Waals surface area contributed by atoms with Gasteiger partial charge in [-0.3, -0.25) is 24.8 Å². The number of benzene rings is 1. The van der Waals surface area contributed by atoms with Crippen LogP contribution in [-0.4, -0.2) is 59.8 Å². The summed E-state index contributed by atoms with van der Waals surface area (Å²) in [4.78, 5) is 32.2. The highest BCUT2D eigenvalue weighted by molar-refractivity contribution is 7.17. The normalized spacial score (nSPS) is 15.4. The van der Waals surface area contributed by atoms with Crippen LogP contribution in [-0.2, 0) is 6.54 Å². The number of rotatable bonds is 6. The largest absolute Gasteiger partial charge is 0.335 e. The van der Waals surface area contributed by atoms with Crippen LogP contribution in [0.4, 0.5) is 8.78 Å². The van der Waals surface area contributed by atoms with Crippen LogP contribution in [0.1, 0.15) is 28.6 Å². The van der Waals surface area contributed by atoms with Gasteiger partial charge in [0.1, 0.15) is 11.2 Å². The lowest BCUT2D eigenvalue weighted by atomic mass is 10.0. The lowest BCUT2D eigenvalue weighted by molar-refractivity contribution is 0.0115. The number of ketones is 1. The molecule has 0 saturated carbocycles. The number of aromatic nitrogens is 6. The molecule has 1 saturated heterocycles. The molecule has 11 heteroatoms. The number of H-pyrrole nitrogens is 2. The summed E-state index contributed by atoms with van der Waals surface area (Å²) in [5, 5.41) is 8.52. The van der Waals surface area contributed by atoms with Crippen molar-refractivity contribution in [3.63, 3.8) is 0 Å². The molecule has 0 amide bonds. The molecule has 1 aromatic carbocycles. The number of imidazole rings is 1. The van der Waals surface area contributed by atoms with Crippen LogP contribution >= 0.6 is 11.3 Å². The van der Waals surface area contributed by atoms with Crippen LogP contribution < -0.4 is 0 Å². The van der Waals surface area contributed by atoms with Gasteiger partial charge in [-0.25, -0.2) is 13.8 Å². The Morgan fingerprint density at radius 2 is 1.93 bits per heavy atom. The van der Waals surface area contributed by atoms with Gasteiger partial charge in [0, 0.05) is 59.5 Å². The number of aromatic amines is 2. The third-order valence-electron chi connectivity index (χ3n) is 7.18. The number of alkyl halides is 2. The zero-order chi connectivity index (χ0) is 27.4. The first kappa shape index (κ1) is 24.7. The summed E-state index contributed by atoms with van der Waals surface area (Å²) < 4.78 is 27.3. The zero-order valence-electron chi connectivity index (χ0n) is 21.4. The number of hydrogen-bond donors (Lipinski definition) is 2. The highest BCUT2D eigenvalue weighted by Crippen LogP contribution is 2.35. The van der Waals surface area contributed by atoms with Gasteiger partial charge in [0.2, 0.25) is 0 Å². The van der Waals surface area contributed by atoms with Crippen molar-refractivity contribution in [3.8, 4) is 33.1 Å². The predicted octanol–water partition coefficient (Wildman–Crippen LogP) is 6.34. The molecule has 1 aliphatic rings. The van der Waals surface area contributed by atoms with E-state index in [1.807, 2.05) is 36.4 Å². The number of pyridine rings is 2. The number of Topliss-reactive ketones (excluding diaryl/α,β-unsaturated/α-hetero) is 1. The molecule has 1 fully saturated rings. The number of carbonyl (C=O) groups excluding carboxylic acids is 1. The van der Waals surface area contributed by atoms with Crippen molar-refractivity contribution in [1.29, 1.82) is 0 Å². The molecule has 0 atom stereocenters. The van der Waals surface area contributed by atoms with Crippen LogP contribution in [0.3, 0.4) is 0 Å². The van der Waals surface area contributed by atoms with Crippen molar-refractivity contribution in [2.24, 2.45) is 0 Å². The SMILES string of the molecule is CC(=O)c1ccc(-c2cncc3[nH]c(-c4n[nH]c5ccc(-c6cncc(CN7CCC(F)(F)C7)c6)cc45)nc23)s1. The predicted molar refractivity (Wildman–Crippen MR) is 150 cm³/mol. The number of fused-ring (bicyclic) bond motifs is 2. The molecular weight excluding hydrogens is 532 g/mol. The van der Waals surface area contributed by atoms with Crippen LogP contribution in [0.15, 0.2) is 61.2 Å². The molecular formula is C29H23F2N7OS. The second-order valence-corrected chi connectivity index (χ2v) is 11.2. The smallest absolute Gasteiger partial charge is 0.261 e. The fourth-order valence-electron chi connectivity index (χ4n) is 5.20. The maximum absolute atomic E-state index is 13.7. The zero-order valence-corrected chi connectivity index (χ0v) is 22.2. The fraction of sp³-hybridized carbons (Fsp3) is 0.207. The van der Waals surface area contributed by atoms with Crippen molar-refractivity contribution in [1.82, 2.24) is 35.0 Å². The number of thiophene rings is 1. The Labute approximate surface area is 231 Å². The van der Waals surface area contributed by atoms with Crippen molar-refractivity contribution < 1.29 is 13.6 Å². The molecule has 1 aliphatic heterocycles. The molecule has 2 N–H and O–H groups in total. The van der Waals surface area contributed by atoms with Crippen LogP contribution in [0, 0.1) is 0 Å². The summed E-state index contributed by atoms with van der Waals surface area (Å²) in [6.45, 7) is 2.14. The Morgan fingerprint density at radius 3 is 2.73 bits per heavy atom. The third-order valence-corrected chi connectivity index (χ3v) is 8.40. The minimum Gasteiger partial charge on any atom is -0.335 e. The molecule has 200 valence electrons. The highest BCUT2D eigenvalue weighted by atomic mass is 32.1. The molecule has 6 aromatic rings. The Bertz CT molecular complexity index is 1910. The Morgan fingerprint density at radius 1 is 1.05 bits per heavy atom. The Hall–Kier alpha value is -4.35.